The first-order chi connectivity index (χ1) is 54.2. The number of hydrogen-bond acceptors (Lipinski definition) is 14. The highest BCUT2D eigenvalue weighted by Gasteiger charge is 2.54. The van der Waals surface area contributed by atoms with Gasteiger partial charge in [-0.25, -0.2) is 22.8 Å². The molecule has 0 bridgehead atoms. The van der Waals surface area contributed by atoms with Gasteiger partial charge in [0.2, 0.25) is 0 Å². The van der Waals surface area contributed by atoms with Crippen molar-refractivity contribution >= 4 is 100 Å². The van der Waals surface area contributed by atoms with Crippen LogP contribution in [-0.2, 0) is 30.5 Å². The molecule has 6 aromatic carbocycles. The Labute approximate surface area is 700 Å². The highest BCUT2D eigenvalue weighted by Crippen LogP contribution is 2.52. The number of nitrogens with one attached hydrogen (secondary N) is 2. The number of aliphatic carboxylic acids is 1. The van der Waals surface area contributed by atoms with Gasteiger partial charge in [-0.2, -0.15) is 5.21 Å². The molecule has 5 aliphatic rings. The van der Waals surface area contributed by atoms with Crippen LogP contribution in [0, 0.1) is 51.5 Å². The van der Waals surface area contributed by atoms with E-state index in [9.17, 15) is 51.8 Å². The minimum Gasteiger partial charge on any atom is -0.481 e. The van der Waals surface area contributed by atoms with Gasteiger partial charge in [-0.05, 0) is 250 Å². The van der Waals surface area contributed by atoms with Crippen molar-refractivity contribution in [1.82, 2.24) is 35.7 Å². The summed E-state index contributed by atoms with van der Waals surface area (Å²) in [7, 11) is 1.38. The monoisotopic (exact) mass is 1680 g/mol. The highest BCUT2D eigenvalue weighted by atomic mass is 35.5. The van der Waals surface area contributed by atoms with Gasteiger partial charge >= 0.3 is 17.9 Å². The molecule has 0 saturated heterocycles. The number of aromatic nitrogens is 4. The van der Waals surface area contributed by atoms with Crippen LogP contribution in [0.1, 0.15) is 281 Å². The third-order valence-electron chi connectivity index (χ3n) is 23.1. The molecule has 3 fully saturated rings. The van der Waals surface area contributed by atoms with Crippen molar-refractivity contribution in [2.45, 2.75) is 228 Å². The third-order valence-corrected chi connectivity index (χ3v) is 23.7. The molecule has 12 rings (SSSR count). The number of esters is 1. The fraction of sp³-hybridized carbons (Fsp3) is 0.483. The normalized spacial score (nSPS) is 19.9. The Hall–Kier alpha value is -8.87. The molecule has 2 spiro atoms. The number of Topliss-reactive ketones (excluding diaryl/α,β-unsaturated/α-hetero) is 1. The van der Waals surface area contributed by atoms with Crippen LogP contribution in [-0.4, -0.2) is 118 Å². The van der Waals surface area contributed by atoms with Gasteiger partial charge in [0, 0.05) is 44.6 Å². The lowest BCUT2D eigenvalue weighted by Crippen LogP contribution is -2.51. The number of aromatic amines is 1. The number of rotatable bonds is 18. The Morgan fingerprint density at radius 3 is 1.32 bits per heavy atom. The molecular formula is C89H111Cl4F3N10O10. The number of hydrogen-bond donors (Lipinski definition) is 5. The number of carboxylic acid groups (broad SMARTS) is 2. The summed E-state index contributed by atoms with van der Waals surface area (Å²) in [5, 5.41) is 34.9. The summed E-state index contributed by atoms with van der Waals surface area (Å²) in [6.45, 7) is 28.7. The van der Waals surface area contributed by atoms with E-state index in [-0.39, 0.29) is 97.6 Å². The lowest BCUT2D eigenvalue weighted by atomic mass is 9.69. The molecule has 3 amide bonds. The van der Waals surface area contributed by atoms with Crippen molar-refractivity contribution in [3.8, 4) is 0 Å². The summed E-state index contributed by atoms with van der Waals surface area (Å²) in [6.07, 6.45) is 12.8. The van der Waals surface area contributed by atoms with Crippen LogP contribution in [0.4, 0.5) is 13.2 Å². The SMILES string of the molecule is CC(C(=O)O)c1cc(F)cc(Cl)c1.CC(C)(C)C1CCC(=O)CC1.CC[C@@H](CN)c1ccc(C(=O)OC)cc1.CC[C@H](c1ccc(C(=O)NCc2nn[nH]n2)cc1)N1C(=O)C(c2cc(F)cc(Cl)c2)=NC12CCC(C(C)(C)C)CC2.CC[C@H](c1ccc(C(=O)O)cc1)N1C(=O)C(c2cc(F)cc(Cl)c2)=NC12CCC(C(C)(C)C)CC2.Cl. The van der Waals surface area contributed by atoms with Gasteiger partial charge in [-0.1, -0.05) is 159 Å². The lowest BCUT2D eigenvalue weighted by molar-refractivity contribution is -0.138. The molecule has 0 radical (unpaired) electrons. The number of nitrogens with two attached hydrogens (primary N) is 1. The number of aliphatic imine (C=N–C) groups is 2. The zero-order valence-electron chi connectivity index (χ0n) is 68.7. The molecule has 27 heteroatoms. The maximum atomic E-state index is 14.3. The highest BCUT2D eigenvalue weighted by molar-refractivity contribution is 6.48. The van der Waals surface area contributed by atoms with E-state index in [4.69, 9.17) is 55.6 Å². The van der Waals surface area contributed by atoms with Crippen LogP contribution >= 0.6 is 47.2 Å². The molecule has 3 aliphatic carbocycles. The van der Waals surface area contributed by atoms with Crippen molar-refractivity contribution in [3.05, 3.63) is 216 Å². The molecule has 6 N–H and O–H groups in total. The molecule has 20 nitrogen and oxygen atoms in total. The summed E-state index contributed by atoms with van der Waals surface area (Å²) in [5.74, 6) is -2.29. The molecular weight excluding hydrogens is 1570 g/mol. The zero-order valence-corrected chi connectivity index (χ0v) is 71.8. The Morgan fingerprint density at radius 2 is 0.966 bits per heavy atom. The van der Waals surface area contributed by atoms with Crippen molar-refractivity contribution in [1.29, 1.82) is 0 Å². The largest absolute Gasteiger partial charge is 0.481 e. The van der Waals surface area contributed by atoms with E-state index in [1.54, 1.807) is 60.7 Å². The number of carbonyl (C=O) groups is 7. The van der Waals surface area contributed by atoms with Crippen LogP contribution in [0.25, 0.3) is 0 Å². The zero-order chi connectivity index (χ0) is 84.7. The van der Waals surface area contributed by atoms with Gasteiger partial charge < -0.3 is 35.8 Å². The molecule has 1 unspecified atom stereocenters. The van der Waals surface area contributed by atoms with Gasteiger partial charge in [0.25, 0.3) is 17.7 Å². The van der Waals surface area contributed by atoms with Crippen LogP contribution in [0.15, 0.2) is 137 Å². The molecule has 2 aliphatic heterocycles. The molecule has 626 valence electrons. The van der Waals surface area contributed by atoms with Crippen LogP contribution < -0.4 is 11.1 Å². The molecule has 3 heterocycles. The van der Waals surface area contributed by atoms with E-state index in [0.29, 0.717) is 82.0 Å². The summed E-state index contributed by atoms with van der Waals surface area (Å²) in [5.41, 5.74) is 10.7. The number of aromatic carboxylic acids is 1. The quantitative estimate of drug-likeness (QED) is 0.0499. The average Bonchev–Trinajstić information content (AvgIpc) is 1.58. The second kappa shape index (κ2) is 41.0. The first kappa shape index (κ1) is 94.3. The minimum absolute atomic E-state index is 0. The van der Waals surface area contributed by atoms with Gasteiger partial charge in [-0.3, -0.25) is 34.0 Å². The Kier molecular flexibility index (Phi) is 33.3. The maximum Gasteiger partial charge on any atom is 0.337 e. The van der Waals surface area contributed by atoms with E-state index in [0.717, 1.165) is 107 Å². The summed E-state index contributed by atoms with van der Waals surface area (Å²) in [4.78, 5) is 98.7. The van der Waals surface area contributed by atoms with E-state index >= 15 is 0 Å². The lowest BCUT2D eigenvalue weighted by Gasteiger charge is -2.47. The molecule has 7 aromatic rings. The van der Waals surface area contributed by atoms with E-state index in [2.05, 4.69) is 99.9 Å². The second-order valence-electron chi connectivity index (χ2n) is 33.6. The summed E-state index contributed by atoms with van der Waals surface area (Å²) in [6, 6.07) is 32.8. The summed E-state index contributed by atoms with van der Waals surface area (Å²) < 4.78 is 45.9. The Balaban J connectivity index is 0.000000221. The van der Waals surface area contributed by atoms with Gasteiger partial charge in [-0.15, -0.1) is 22.6 Å². The van der Waals surface area contributed by atoms with Crippen molar-refractivity contribution in [3.63, 3.8) is 0 Å². The van der Waals surface area contributed by atoms with Gasteiger partial charge in [0.05, 0.1) is 42.8 Å². The number of amides is 3. The molecule has 4 atom stereocenters. The van der Waals surface area contributed by atoms with E-state index < -0.39 is 46.6 Å². The number of methoxy groups -OCH3 is 1. The fourth-order valence-corrected chi connectivity index (χ4v) is 16.8. The molecule has 3 saturated carbocycles. The van der Waals surface area contributed by atoms with Gasteiger partial charge in [0.1, 0.15) is 46.0 Å². The number of ketones is 1. The number of carboxylic acids is 2. The van der Waals surface area contributed by atoms with Crippen LogP contribution in [0.5, 0.6) is 0 Å². The topological polar surface area (TPSA) is 293 Å². The minimum atomic E-state index is -0.998. The number of nitrogens with zero attached hydrogens (tertiary/aromatic N) is 7. The summed E-state index contributed by atoms with van der Waals surface area (Å²) >= 11 is 17.9. The smallest absolute Gasteiger partial charge is 0.337 e. The van der Waals surface area contributed by atoms with Crippen molar-refractivity contribution in [2.24, 2.45) is 49.7 Å². The van der Waals surface area contributed by atoms with E-state index in [1.165, 1.54) is 56.0 Å². The number of tetrazole rings is 1. The average molecular weight is 1680 g/mol. The second-order valence-corrected chi connectivity index (χ2v) is 34.9. The number of H-pyrrole nitrogens is 1. The molecule has 1 aromatic heterocycles. The standard InChI is InChI=1S/C30H35ClFN7O2.C28H32ClFN2O3.C12H17NO2.C10H18O.C9H8ClFO2.ClH/c1-5-24(18-6-8-19(9-7-18)27(40)33-17-25-35-37-38-36-25)39-28(41)26(20-14-22(31)16-23(32)15-20)34-30(39)12-10-21(11-13-30)29(2,3)4;1-5-23(17-6-8-18(9-7-17)26(34)35)32-25(33)24(19-14-21(29)16-22(30)15-19)31-28(32)12-10-20(11-13-28)27(2,3)4;1-3-9(8-13)10-4-6-11(7-5-10)12(14)15-2;1-10(2,3)8-4-6-9(11)7-5-8;1-5(9(12)13)6-2-7(10)4-8(11)3-6;/h6-9,14-16,21,24H,5,10-13,17H2,1-4H3,(H,33,40)(H,35,36,37,38);6-9,14-16,20,23H,5,10-13H2,1-4H3,(H,34,35);4-7,9H,3,8,13H2,1-2H3;8H,4-7H2,1-3H3;2-5H,1H3,(H,12,13);1H/t21?,24-,30?;20?,23-,28?;9-;;;/m110.../s1. The Bertz CT molecular complexity index is 4530. The predicted octanol–water partition coefficient (Wildman–Crippen LogP) is 20.3. The van der Waals surface area contributed by atoms with Gasteiger partial charge in [0.15, 0.2) is 5.82 Å². The van der Waals surface area contributed by atoms with E-state index in [1.807, 2.05) is 47.9 Å². The number of halogens is 7. The first-order valence-corrected chi connectivity index (χ1v) is 40.6. The van der Waals surface area contributed by atoms with Crippen LogP contribution in [0.3, 0.4) is 0 Å². The number of benzene rings is 6. The molecule has 116 heavy (non-hydrogen) atoms. The maximum absolute atomic E-state index is 14.3. The number of ether oxygens (including phenoxy) is 1. The Morgan fingerprint density at radius 1 is 0.569 bits per heavy atom. The van der Waals surface area contributed by atoms with Crippen molar-refractivity contribution < 1.29 is 61.7 Å². The number of carbonyl (C=O) groups excluding carboxylic acids is 5. The first-order valence-electron chi connectivity index (χ1n) is 39.5. The predicted molar refractivity (Wildman–Crippen MR) is 450 cm³/mol. The third kappa shape index (κ3) is 24.2. The van der Waals surface area contributed by atoms with Crippen LogP contribution in [0.2, 0.25) is 15.1 Å². The fourth-order valence-electron chi connectivity index (χ4n) is 16.1. The van der Waals surface area contributed by atoms with Crippen molar-refractivity contribution in [2.75, 3.05) is 13.7 Å².